The number of hydrogen-bond donors (Lipinski definition) is 1. The van der Waals surface area contributed by atoms with Gasteiger partial charge in [-0.3, -0.25) is 0 Å². The first-order valence-electron chi connectivity index (χ1n) is 21.1. The van der Waals surface area contributed by atoms with Crippen LogP contribution in [-0.4, -0.2) is 58.2 Å². The molecule has 0 aliphatic carbocycles. The number of ether oxygens (including phenoxy) is 3. The lowest BCUT2D eigenvalue weighted by atomic mass is 9.83. The third kappa shape index (κ3) is 10.2. The zero-order valence-corrected chi connectivity index (χ0v) is 39.4. The Hall–Kier alpha value is -2.48. The van der Waals surface area contributed by atoms with Gasteiger partial charge in [-0.1, -0.05) is 106 Å². The number of epoxide rings is 1. The average molecular weight is 811 g/mol. The second-order valence-electron chi connectivity index (χ2n) is 19.4. The lowest BCUT2D eigenvalue weighted by Crippen LogP contribution is -2.53. The molecule has 4 rings (SSSR count). The fraction of sp³-hybridized carbons (Fsp3) is 0.674. The maximum absolute atomic E-state index is 13.8. The number of benzene rings is 2. The van der Waals surface area contributed by atoms with E-state index in [1.54, 1.807) is 0 Å². The van der Waals surface area contributed by atoms with Crippen LogP contribution in [0, 0.1) is 5.92 Å². The molecule has 3 unspecified atom stereocenters. The Kier molecular flexibility index (Phi) is 15.0. The Morgan fingerprint density at radius 1 is 0.946 bits per heavy atom. The molecule has 10 heteroatoms. The molecule has 1 N–H and O–H groups in total. The third-order valence-corrected chi connectivity index (χ3v) is 21.6. The Labute approximate surface area is 340 Å². The highest BCUT2D eigenvalue weighted by molar-refractivity contribution is 6.74. The number of hydrogen-bond acceptors (Lipinski definition) is 8. The molecule has 0 radical (unpaired) electrons. The second kappa shape index (κ2) is 18.2. The predicted molar refractivity (Wildman–Crippen MR) is 232 cm³/mol. The lowest BCUT2D eigenvalue weighted by molar-refractivity contribution is -0.154. The van der Waals surface area contributed by atoms with Crippen molar-refractivity contribution in [3.8, 4) is 5.75 Å². The molecular formula is C46H74O8Si2. The first-order valence-corrected chi connectivity index (χ1v) is 26.9. The highest BCUT2D eigenvalue weighted by Gasteiger charge is 2.69. The van der Waals surface area contributed by atoms with Gasteiger partial charge >= 0.3 is 5.97 Å². The van der Waals surface area contributed by atoms with E-state index in [-0.39, 0.29) is 35.1 Å². The van der Waals surface area contributed by atoms with Crippen LogP contribution in [0.3, 0.4) is 0 Å². The summed E-state index contributed by atoms with van der Waals surface area (Å²) >= 11 is 0. The zero-order valence-electron chi connectivity index (χ0n) is 37.4. The number of carbonyl (C=O) groups excluding carboxylic acids is 1. The van der Waals surface area contributed by atoms with Crippen molar-refractivity contribution >= 4 is 33.6 Å². The van der Waals surface area contributed by atoms with Crippen LogP contribution in [0.1, 0.15) is 130 Å². The van der Waals surface area contributed by atoms with Gasteiger partial charge in [-0.05, 0) is 85.6 Å². The third-order valence-electron chi connectivity index (χ3n) is 12.6. The van der Waals surface area contributed by atoms with Crippen molar-refractivity contribution in [3.63, 3.8) is 0 Å². The van der Waals surface area contributed by atoms with Gasteiger partial charge < -0.3 is 32.6 Å². The van der Waals surface area contributed by atoms with Crippen molar-refractivity contribution in [3.05, 3.63) is 64.9 Å². The Morgan fingerprint density at radius 2 is 1.59 bits per heavy atom. The Morgan fingerprint density at radius 3 is 2.12 bits per heavy atom. The molecular weight excluding hydrogens is 737 g/mol. The van der Waals surface area contributed by atoms with Gasteiger partial charge in [-0.2, -0.15) is 0 Å². The zero-order chi connectivity index (χ0) is 41.9. The highest BCUT2D eigenvalue weighted by Crippen LogP contribution is 2.50. The number of esters is 1. The van der Waals surface area contributed by atoms with E-state index in [0.29, 0.717) is 32.0 Å². The van der Waals surface area contributed by atoms with Crippen LogP contribution in [0.4, 0.5) is 0 Å². The molecule has 0 spiro atoms. The van der Waals surface area contributed by atoms with E-state index in [9.17, 15) is 9.90 Å². The van der Waals surface area contributed by atoms with Crippen LogP contribution >= 0.6 is 0 Å². The molecule has 0 bridgehead atoms. The van der Waals surface area contributed by atoms with Crippen molar-refractivity contribution in [2.45, 2.75) is 188 Å². The molecule has 8 nitrogen and oxygen atoms in total. The lowest BCUT2D eigenvalue weighted by Gasteiger charge is -2.41. The molecule has 2 heterocycles. The maximum Gasteiger partial charge on any atom is 0.343 e. The number of furan rings is 1. The largest absolute Gasteiger partial charge is 0.488 e. The molecule has 1 aliphatic rings. The molecule has 5 atom stereocenters. The summed E-state index contributed by atoms with van der Waals surface area (Å²) in [7, 11) is -4.59. The first-order chi connectivity index (χ1) is 26.0. The monoisotopic (exact) mass is 810 g/mol. The van der Waals surface area contributed by atoms with E-state index in [1.165, 1.54) is 0 Å². The topological polar surface area (TPSA) is 99.9 Å². The van der Waals surface area contributed by atoms with Crippen LogP contribution in [-0.2, 0) is 42.8 Å². The number of rotatable bonds is 20. The van der Waals surface area contributed by atoms with Gasteiger partial charge in [0.1, 0.15) is 24.0 Å². The van der Waals surface area contributed by atoms with Crippen molar-refractivity contribution < 1.29 is 37.4 Å². The van der Waals surface area contributed by atoms with Crippen molar-refractivity contribution in [2.24, 2.45) is 5.92 Å². The van der Waals surface area contributed by atoms with E-state index >= 15 is 0 Å². The Balaban J connectivity index is 1.86. The van der Waals surface area contributed by atoms with Crippen molar-refractivity contribution in [1.82, 2.24) is 0 Å². The van der Waals surface area contributed by atoms with Crippen LogP contribution in [0.25, 0.3) is 11.0 Å². The van der Waals surface area contributed by atoms with Gasteiger partial charge in [0.2, 0.25) is 5.60 Å². The molecule has 1 saturated heterocycles. The summed E-state index contributed by atoms with van der Waals surface area (Å²) in [5, 5.41) is 13.4. The summed E-state index contributed by atoms with van der Waals surface area (Å²) in [5.74, 6) is 0.488. The summed E-state index contributed by atoms with van der Waals surface area (Å²) in [5.41, 5.74) is 3.53. The summed E-state index contributed by atoms with van der Waals surface area (Å²) in [6.07, 6.45) is 3.19. The minimum Gasteiger partial charge on any atom is -0.488 e. The summed E-state index contributed by atoms with van der Waals surface area (Å²) in [6.45, 7) is 33.7. The fourth-order valence-corrected chi connectivity index (χ4v) is 9.48. The van der Waals surface area contributed by atoms with Gasteiger partial charge in [0.15, 0.2) is 16.6 Å². The minimum atomic E-state index is -2.43. The van der Waals surface area contributed by atoms with Gasteiger partial charge in [-0.15, -0.1) is 0 Å². The first kappa shape index (κ1) is 46.2. The van der Waals surface area contributed by atoms with Crippen LogP contribution < -0.4 is 4.74 Å². The Bertz CT molecular complexity index is 1740. The van der Waals surface area contributed by atoms with E-state index in [4.69, 9.17) is 27.5 Å². The van der Waals surface area contributed by atoms with Gasteiger partial charge in [-0.25, -0.2) is 4.79 Å². The van der Waals surface area contributed by atoms with Crippen molar-refractivity contribution in [2.75, 3.05) is 6.61 Å². The minimum absolute atomic E-state index is 0.0172. The molecule has 1 fully saturated rings. The van der Waals surface area contributed by atoms with Gasteiger partial charge in [0, 0.05) is 23.3 Å². The molecule has 2 aromatic carbocycles. The summed E-state index contributed by atoms with van der Waals surface area (Å²) < 4.78 is 39.3. The van der Waals surface area contributed by atoms with Crippen LogP contribution in [0.2, 0.25) is 36.3 Å². The van der Waals surface area contributed by atoms with Crippen molar-refractivity contribution in [1.29, 1.82) is 0 Å². The predicted octanol–water partition coefficient (Wildman–Crippen LogP) is 11.9. The number of fused-ring (bicyclic) bond motifs is 1. The number of aliphatic hydroxyl groups excluding tert-OH is 1. The van der Waals surface area contributed by atoms with E-state index in [2.05, 4.69) is 107 Å². The normalized spacial score (nSPS) is 19.6. The molecule has 56 heavy (non-hydrogen) atoms. The van der Waals surface area contributed by atoms with Gasteiger partial charge in [0.05, 0.1) is 37.2 Å². The molecule has 1 aliphatic heterocycles. The smallest absolute Gasteiger partial charge is 0.343 e. The van der Waals surface area contributed by atoms with E-state index < -0.39 is 40.4 Å². The second-order valence-corrected chi connectivity index (χ2v) is 29.0. The highest BCUT2D eigenvalue weighted by atomic mass is 28.4. The van der Waals surface area contributed by atoms with E-state index in [0.717, 1.165) is 51.8 Å². The molecule has 0 saturated carbocycles. The summed E-state index contributed by atoms with van der Waals surface area (Å²) in [6, 6.07) is 12.5. The van der Waals surface area contributed by atoms with Crippen LogP contribution in [0.15, 0.2) is 47.1 Å². The van der Waals surface area contributed by atoms with Gasteiger partial charge in [0.25, 0.3) is 0 Å². The standard InChI is InChI=1S/C46H74O8Si2/c1-16-22-34(38(47)27-40(54-56(14,15)45(9,10)11)46(39(17-2)53-46)43(48)49-18-3)36-29-51-42-35(36)26-33(25-31(4)5)41(50-28-32-23-20-19-21-24-32)37(42)30-52-55(12,13)44(6,7)8/h19-21,23-24,26,29,31,34,38-40,47H,16-18,22,25,27-28,30H2,1-15H3/t34-,38?,39?,40-,46?/m1/s1. The molecule has 314 valence electrons. The van der Waals surface area contributed by atoms with Crippen LogP contribution in [0.5, 0.6) is 5.75 Å². The SMILES string of the molecule is CCC[C@H](c1coc2c(CO[Si](C)(C)C(C)(C)C)c(OCc3ccccc3)c(CC(C)C)cc12)C(O)C[C@@H](O[Si](C)(C)C(C)(C)C)C1(C(=O)OCC)OC1CC. The average Bonchev–Trinajstić information content (AvgIpc) is 3.72. The molecule has 0 amide bonds. The quantitative estimate of drug-likeness (QED) is 0.0684. The number of carbonyl (C=O) groups is 1. The maximum atomic E-state index is 13.8. The number of aliphatic hydroxyl groups is 1. The summed E-state index contributed by atoms with van der Waals surface area (Å²) in [4.78, 5) is 13.8. The molecule has 1 aromatic heterocycles. The van der Waals surface area contributed by atoms with E-state index in [1.807, 2.05) is 38.3 Å². The fourth-order valence-electron chi connectivity index (χ4n) is 7.21. The molecule has 3 aromatic rings.